The Kier molecular flexibility index (Phi) is 11.2. The van der Waals surface area contributed by atoms with Gasteiger partial charge >= 0.3 is 24.7 Å². The Morgan fingerprint density at radius 1 is 0.491 bits per heavy atom. The van der Waals surface area contributed by atoms with Gasteiger partial charge in [0, 0.05) is 11.3 Å². The van der Waals surface area contributed by atoms with E-state index < -0.39 is 79.1 Å². The zero-order valence-corrected chi connectivity index (χ0v) is 30.2. The summed E-state index contributed by atoms with van der Waals surface area (Å²) in [7, 11) is -4.01. The van der Waals surface area contributed by atoms with E-state index in [1.54, 1.807) is 24.3 Å². The van der Waals surface area contributed by atoms with Crippen LogP contribution in [0.15, 0.2) is 156 Å². The lowest BCUT2D eigenvalue weighted by molar-refractivity contribution is -0.144. The highest BCUT2D eigenvalue weighted by molar-refractivity contribution is 7.74. The van der Waals surface area contributed by atoms with Crippen LogP contribution in [0.4, 0.5) is 52.7 Å². The zero-order valence-electron chi connectivity index (χ0n) is 28.4. The molecule has 0 spiro atoms. The molecule has 0 radical (unpaired) electrons. The molecule has 0 saturated carbocycles. The Labute approximate surface area is 310 Å². The molecule has 14 heteroatoms. The van der Waals surface area contributed by atoms with Crippen molar-refractivity contribution in [2.24, 2.45) is 0 Å². The maximum absolute atomic E-state index is 14.1. The lowest BCUT2D eigenvalue weighted by atomic mass is 9.95. The summed E-state index contributed by atoms with van der Waals surface area (Å²) in [5, 5.41) is 0.588. The van der Waals surface area contributed by atoms with Gasteiger partial charge in [0.1, 0.15) is 0 Å². The zero-order chi connectivity index (χ0) is 39.9. The normalized spacial score (nSPS) is 18.4. The van der Waals surface area contributed by atoms with E-state index in [1.165, 1.54) is 6.92 Å². The summed E-state index contributed by atoms with van der Waals surface area (Å²) in [6, 6.07) is 20.4. The molecule has 0 bridgehead atoms. The molecule has 4 aromatic carbocycles. The summed E-state index contributed by atoms with van der Waals surface area (Å²) in [6.45, 7) is 1.40. The number of hydrogen-bond donors (Lipinski definition) is 0. The van der Waals surface area contributed by atoms with Gasteiger partial charge in [-0.05, 0) is 90.2 Å². The summed E-state index contributed by atoms with van der Waals surface area (Å²) in [6.07, 6.45) is -9.09. The third-order valence-electron chi connectivity index (χ3n) is 9.05. The number of hydrogen-bond acceptors (Lipinski definition) is 0. The Morgan fingerprint density at radius 3 is 1.31 bits per heavy atom. The van der Waals surface area contributed by atoms with Crippen LogP contribution in [0.3, 0.4) is 0 Å². The minimum atomic E-state index is -5.33. The summed E-state index contributed by atoms with van der Waals surface area (Å²) in [5.41, 5.74) is -6.94. The first-order valence-electron chi connectivity index (χ1n) is 16.5. The highest BCUT2D eigenvalue weighted by atomic mass is 31.1. The fourth-order valence-electron chi connectivity index (χ4n) is 6.60. The summed E-state index contributed by atoms with van der Waals surface area (Å²) in [5.74, 6) is 0. The summed E-state index contributed by atoms with van der Waals surface area (Å²) < 4.78 is 170. The molecular formula is C41H28F12P2. The molecule has 0 amide bonds. The molecule has 0 saturated heterocycles. The van der Waals surface area contributed by atoms with Crippen molar-refractivity contribution < 1.29 is 52.7 Å². The van der Waals surface area contributed by atoms with Gasteiger partial charge in [-0.2, -0.15) is 52.7 Å². The van der Waals surface area contributed by atoms with Crippen molar-refractivity contribution >= 4 is 37.1 Å². The molecular weight excluding hydrogens is 782 g/mol. The van der Waals surface area contributed by atoms with Gasteiger partial charge in [0.15, 0.2) is 0 Å². The minimum Gasteiger partial charge on any atom is -0.166 e. The van der Waals surface area contributed by atoms with E-state index in [2.05, 4.69) is 0 Å². The Bertz CT molecular complexity index is 2010. The molecule has 1 unspecified atom stereocenters. The molecule has 4 aromatic rings. The van der Waals surface area contributed by atoms with Gasteiger partial charge in [-0.1, -0.05) is 110 Å². The van der Waals surface area contributed by atoms with Crippen molar-refractivity contribution in [2.45, 2.75) is 42.9 Å². The number of benzene rings is 4. The van der Waals surface area contributed by atoms with E-state index in [1.807, 2.05) is 78.9 Å². The first kappa shape index (κ1) is 40.3. The third kappa shape index (κ3) is 8.86. The second-order valence-corrected chi connectivity index (χ2v) is 17.5. The van der Waals surface area contributed by atoms with E-state index in [0.29, 0.717) is 41.0 Å². The Hall–Kier alpha value is -4.40. The van der Waals surface area contributed by atoms with Crippen molar-refractivity contribution in [3.05, 3.63) is 179 Å². The highest BCUT2D eigenvalue weighted by Gasteiger charge is 2.42. The van der Waals surface area contributed by atoms with Crippen molar-refractivity contribution in [3.8, 4) is 0 Å². The molecule has 0 nitrogen and oxygen atoms in total. The van der Waals surface area contributed by atoms with Gasteiger partial charge in [0.25, 0.3) is 0 Å². The molecule has 2 aliphatic rings. The molecule has 2 atom stereocenters. The molecule has 0 N–H and O–H groups in total. The average Bonchev–Trinajstić information content (AvgIpc) is 3.61. The summed E-state index contributed by atoms with van der Waals surface area (Å²) >= 11 is 0. The predicted octanol–water partition coefficient (Wildman–Crippen LogP) is 12.0. The van der Waals surface area contributed by atoms with Crippen molar-refractivity contribution in [1.29, 1.82) is 0 Å². The van der Waals surface area contributed by atoms with Crippen LogP contribution < -0.4 is 21.2 Å². The maximum Gasteiger partial charge on any atom is 0.416 e. The van der Waals surface area contributed by atoms with Crippen LogP contribution in [0.1, 0.15) is 29.2 Å². The number of alkyl halides is 12. The SMILES string of the molecule is C[C@@H](C1=CC=C/C1=C1/C=CC=CC1P(c1ccccc1)c1ccccc1)P(c1cc(C(F)(F)F)cc(C(F)(F)F)c1)c1cc(C(F)(F)F)cc(C(F)(F)F)c1. The standard InChI is InChI=1S/C41H28F12P2/c1-25(34-16-10-17-35(34)36-15-8-9-18-37(36)55(30-11-4-2-5-12-30)31-13-6-3-7-14-31)54(32-21-26(38(42,43)44)19-27(22-32)39(45,46)47)33-23-28(40(48,49)50)20-29(24-33)41(51,52)53/h2-25,37H,1H3/b36-35+/t25-,37?/m0/s1. The second kappa shape index (κ2) is 15.3. The van der Waals surface area contributed by atoms with Crippen LogP contribution in [-0.4, -0.2) is 11.3 Å². The van der Waals surface area contributed by atoms with Crippen LogP contribution in [0.2, 0.25) is 0 Å². The number of allylic oxidation sites excluding steroid dienone is 10. The van der Waals surface area contributed by atoms with Crippen LogP contribution in [-0.2, 0) is 24.7 Å². The molecule has 0 aliphatic heterocycles. The summed E-state index contributed by atoms with van der Waals surface area (Å²) in [4.78, 5) is 0. The largest absolute Gasteiger partial charge is 0.416 e. The van der Waals surface area contributed by atoms with Crippen molar-refractivity contribution in [1.82, 2.24) is 0 Å². The van der Waals surface area contributed by atoms with Gasteiger partial charge in [-0.3, -0.25) is 0 Å². The minimum absolute atomic E-state index is 0.127. The fourth-order valence-corrected chi connectivity index (χ4v) is 12.1. The predicted molar refractivity (Wildman–Crippen MR) is 194 cm³/mol. The van der Waals surface area contributed by atoms with Gasteiger partial charge in [-0.25, -0.2) is 0 Å². The smallest absolute Gasteiger partial charge is 0.166 e. The topological polar surface area (TPSA) is 0 Å². The number of rotatable bonds is 7. The van der Waals surface area contributed by atoms with Crippen molar-refractivity contribution in [3.63, 3.8) is 0 Å². The first-order valence-corrected chi connectivity index (χ1v) is 19.3. The van der Waals surface area contributed by atoms with E-state index in [0.717, 1.165) is 10.6 Å². The van der Waals surface area contributed by atoms with E-state index in [4.69, 9.17) is 0 Å². The van der Waals surface area contributed by atoms with E-state index in [9.17, 15) is 52.7 Å². The average molecular weight is 811 g/mol. The lowest BCUT2D eigenvalue weighted by Gasteiger charge is -2.33. The van der Waals surface area contributed by atoms with E-state index in [-0.39, 0.29) is 17.8 Å². The molecule has 0 heterocycles. The lowest BCUT2D eigenvalue weighted by Crippen LogP contribution is -2.27. The number of halogens is 12. The monoisotopic (exact) mass is 810 g/mol. The molecule has 0 fully saturated rings. The van der Waals surface area contributed by atoms with Crippen LogP contribution in [0.5, 0.6) is 0 Å². The quantitative estimate of drug-likeness (QED) is 0.129. The van der Waals surface area contributed by atoms with Crippen molar-refractivity contribution in [2.75, 3.05) is 0 Å². The van der Waals surface area contributed by atoms with Gasteiger partial charge in [0.2, 0.25) is 0 Å². The molecule has 0 aromatic heterocycles. The first-order chi connectivity index (χ1) is 25.7. The van der Waals surface area contributed by atoms with E-state index >= 15 is 0 Å². The Balaban J connectivity index is 1.59. The van der Waals surface area contributed by atoms with Crippen LogP contribution >= 0.6 is 15.8 Å². The van der Waals surface area contributed by atoms with Gasteiger partial charge in [-0.15, -0.1) is 0 Å². The van der Waals surface area contributed by atoms with Crippen LogP contribution in [0, 0.1) is 0 Å². The van der Waals surface area contributed by atoms with Gasteiger partial charge in [0.05, 0.1) is 22.3 Å². The molecule has 6 rings (SSSR count). The molecule has 55 heavy (non-hydrogen) atoms. The van der Waals surface area contributed by atoms with Crippen LogP contribution in [0.25, 0.3) is 0 Å². The maximum atomic E-state index is 14.1. The van der Waals surface area contributed by atoms with Gasteiger partial charge < -0.3 is 0 Å². The molecule has 286 valence electrons. The second-order valence-electron chi connectivity index (χ2n) is 12.7. The molecule has 2 aliphatic carbocycles. The Morgan fingerprint density at radius 2 is 0.909 bits per heavy atom. The third-order valence-corrected chi connectivity index (χ3v) is 14.4. The fraction of sp³-hybridized carbons (Fsp3) is 0.171. The highest BCUT2D eigenvalue weighted by Crippen LogP contribution is 2.52.